The van der Waals surface area contributed by atoms with Crippen LogP contribution in [0.2, 0.25) is 0 Å². The maximum atomic E-state index is 12.5. The molecule has 0 saturated carbocycles. The minimum Gasteiger partial charge on any atom is -0.360 e. The van der Waals surface area contributed by atoms with Crippen molar-refractivity contribution in [2.24, 2.45) is 0 Å². The summed E-state index contributed by atoms with van der Waals surface area (Å²) in [6.07, 6.45) is 3.11. The topological polar surface area (TPSA) is 103 Å². The number of nitro benzene ring substituents is 1. The van der Waals surface area contributed by atoms with E-state index < -0.39 is 4.92 Å². The van der Waals surface area contributed by atoms with E-state index in [9.17, 15) is 20.2 Å². The summed E-state index contributed by atoms with van der Waals surface area (Å²) in [5, 5.41) is 22.8. The fourth-order valence-electron chi connectivity index (χ4n) is 2.71. The lowest BCUT2D eigenvalue weighted by Gasteiger charge is -2.34. The monoisotopic (exact) mass is 343 g/mol. The molecule has 1 amide bonds. The second-order valence-corrected chi connectivity index (χ2v) is 6.07. The SMILES string of the molecule is CN1CCC(N(C)C(=O)/C(C#N)=C\Nc2ccc([N+](=O)[O-])cc2)CC1. The largest absolute Gasteiger partial charge is 0.360 e. The van der Waals surface area contributed by atoms with Gasteiger partial charge in [-0.15, -0.1) is 0 Å². The summed E-state index contributed by atoms with van der Waals surface area (Å²) in [6, 6.07) is 7.80. The fourth-order valence-corrected chi connectivity index (χ4v) is 2.71. The molecule has 1 N–H and O–H groups in total. The number of hydrogen-bond donors (Lipinski definition) is 1. The van der Waals surface area contributed by atoms with Crippen molar-refractivity contribution in [3.63, 3.8) is 0 Å². The third kappa shape index (κ3) is 4.78. The molecule has 0 atom stereocenters. The molecule has 8 nitrogen and oxygen atoms in total. The van der Waals surface area contributed by atoms with E-state index in [0.29, 0.717) is 5.69 Å². The molecule has 1 fully saturated rings. The van der Waals surface area contributed by atoms with E-state index in [0.717, 1.165) is 25.9 Å². The van der Waals surface area contributed by atoms with Gasteiger partial charge >= 0.3 is 0 Å². The predicted octanol–water partition coefficient (Wildman–Crippen LogP) is 1.97. The van der Waals surface area contributed by atoms with Crippen LogP contribution in [0.3, 0.4) is 0 Å². The normalized spacial score (nSPS) is 16.1. The van der Waals surface area contributed by atoms with Gasteiger partial charge in [0.15, 0.2) is 0 Å². The van der Waals surface area contributed by atoms with Crippen LogP contribution in [0.4, 0.5) is 11.4 Å². The van der Waals surface area contributed by atoms with Crippen LogP contribution < -0.4 is 5.32 Å². The minimum absolute atomic E-state index is 0.000203. The van der Waals surface area contributed by atoms with Crippen LogP contribution in [0.25, 0.3) is 0 Å². The summed E-state index contributed by atoms with van der Waals surface area (Å²) in [6.45, 7) is 1.85. The van der Waals surface area contributed by atoms with E-state index in [-0.39, 0.29) is 23.2 Å². The molecule has 1 heterocycles. The van der Waals surface area contributed by atoms with Crippen LogP contribution in [-0.4, -0.2) is 53.9 Å². The lowest BCUT2D eigenvalue weighted by Crippen LogP contribution is -2.44. The Morgan fingerprint density at radius 3 is 2.52 bits per heavy atom. The van der Waals surface area contributed by atoms with E-state index in [4.69, 9.17) is 0 Å². The molecule has 0 bridgehead atoms. The van der Waals surface area contributed by atoms with Crippen LogP contribution in [0, 0.1) is 21.4 Å². The van der Waals surface area contributed by atoms with Gasteiger partial charge in [0.05, 0.1) is 4.92 Å². The first kappa shape index (κ1) is 18.4. The lowest BCUT2D eigenvalue weighted by molar-refractivity contribution is -0.384. The van der Waals surface area contributed by atoms with Gasteiger partial charge in [0.25, 0.3) is 11.6 Å². The number of carbonyl (C=O) groups is 1. The van der Waals surface area contributed by atoms with E-state index in [2.05, 4.69) is 10.2 Å². The van der Waals surface area contributed by atoms with Gasteiger partial charge in [-0.25, -0.2) is 0 Å². The summed E-state index contributed by atoms with van der Waals surface area (Å²) < 4.78 is 0. The Morgan fingerprint density at radius 1 is 1.40 bits per heavy atom. The van der Waals surface area contributed by atoms with Crippen LogP contribution in [-0.2, 0) is 4.79 Å². The number of non-ortho nitro benzene ring substituents is 1. The lowest BCUT2D eigenvalue weighted by atomic mass is 10.0. The predicted molar refractivity (Wildman–Crippen MR) is 93.7 cm³/mol. The molecule has 1 aromatic rings. The molecule has 0 radical (unpaired) electrons. The third-order valence-electron chi connectivity index (χ3n) is 4.37. The van der Waals surface area contributed by atoms with Crippen LogP contribution in [0.5, 0.6) is 0 Å². The van der Waals surface area contributed by atoms with Crippen molar-refractivity contribution in [1.29, 1.82) is 5.26 Å². The number of nitrogens with zero attached hydrogens (tertiary/aromatic N) is 4. The molecule has 8 heteroatoms. The number of amides is 1. The molecule has 25 heavy (non-hydrogen) atoms. The van der Waals surface area contributed by atoms with Crippen molar-refractivity contribution in [2.75, 3.05) is 32.5 Å². The highest BCUT2D eigenvalue weighted by Crippen LogP contribution is 2.18. The molecule has 1 aromatic carbocycles. The van der Waals surface area contributed by atoms with E-state index in [1.807, 2.05) is 13.1 Å². The maximum Gasteiger partial charge on any atom is 0.269 e. The average molecular weight is 343 g/mol. The first-order valence-electron chi connectivity index (χ1n) is 7.99. The maximum absolute atomic E-state index is 12.5. The number of carbonyl (C=O) groups excluding carboxylic acids is 1. The van der Waals surface area contributed by atoms with Crippen molar-refractivity contribution in [3.8, 4) is 6.07 Å². The Balaban J connectivity index is 2.02. The molecule has 132 valence electrons. The van der Waals surface area contributed by atoms with Gasteiger partial charge in [0, 0.05) is 37.1 Å². The zero-order chi connectivity index (χ0) is 18.4. The molecule has 2 rings (SSSR count). The van der Waals surface area contributed by atoms with Crippen molar-refractivity contribution in [1.82, 2.24) is 9.80 Å². The molecule has 0 spiro atoms. The summed E-state index contributed by atoms with van der Waals surface area (Å²) in [5.41, 5.74) is 0.543. The Kier molecular flexibility index (Phi) is 6.08. The molecule has 0 aliphatic carbocycles. The van der Waals surface area contributed by atoms with Crippen molar-refractivity contribution in [2.45, 2.75) is 18.9 Å². The van der Waals surface area contributed by atoms with Gasteiger partial charge in [-0.05, 0) is 45.1 Å². The van der Waals surface area contributed by atoms with E-state index in [1.165, 1.54) is 30.5 Å². The quantitative estimate of drug-likeness (QED) is 0.379. The van der Waals surface area contributed by atoms with E-state index >= 15 is 0 Å². The third-order valence-corrected chi connectivity index (χ3v) is 4.37. The van der Waals surface area contributed by atoms with Gasteiger partial charge in [-0.3, -0.25) is 14.9 Å². The van der Waals surface area contributed by atoms with Crippen LogP contribution in [0.15, 0.2) is 36.0 Å². The van der Waals surface area contributed by atoms with Crippen LogP contribution >= 0.6 is 0 Å². The van der Waals surface area contributed by atoms with Gasteiger partial charge in [-0.1, -0.05) is 0 Å². The summed E-state index contributed by atoms with van der Waals surface area (Å²) >= 11 is 0. The number of benzene rings is 1. The van der Waals surface area contributed by atoms with Gasteiger partial charge < -0.3 is 15.1 Å². The number of nitriles is 1. The number of likely N-dealkylation sites (N-methyl/N-ethyl adjacent to an activating group) is 1. The highest BCUT2D eigenvalue weighted by atomic mass is 16.6. The van der Waals surface area contributed by atoms with Gasteiger partial charge in [0.2, 0.25) is 0 Å². The van der Waals surface area contributed by atoms with E-state index in [1.54, 1.807) is 11.9 Å². The van der Waals surface area contributed by atoms with Crippen LogP contribution in [0.1, 0.15) is 12.8 Å². The summed E-state index contributed by atoms with van der Waals surface area (Å²) in [7, 11) is 3.77. The fraction of sp³-hybridized carbons (Fsp3) is 0.412. The standard InChI is InChI=1S/C17H21N5O3/c1-20-9-7-15(8-10-20)21(2)17(23)13(11-18)12-19-14-3-5-16(6-4-14)22(24)25/h3-6,12,15,19H,7-10H2,1-2H3/b13-12-. The molecule has 1 aliphatic heterocycles. The van der Waals surface area contributed by atoms with Crippen molar-refractivity contribution >= 4 is 17.3 Å². The second-order valence-electron chi connectivity index (χ2n) is 6.07. The second kappa shape index (κ2) is 8.26. The van der Waals surface area contributed by atoms with Crippen molar-refractivity contribution < 1.29 is 9.72 Å². The zero-order valence-electron chi connectivity index (χ0n) is 14.3. The number of likely N-dealkylation sites (tertiary alicyclic amines) is 1. The molecule has 1 aliphatic rings. The highest BCUT2D eigenvalue weighted by Gasteiger charge is 2.25. The number of nitro groups is 1. The number of piperidine rings is 1. The molecule has 0 aromatic heterocycles. The average Bonchev–Trinajstić information content (AvgIpc) is 2.62. The highest BCUT2D eigenvalue weighted by molar-refractivity contribution is 5.97. The number of rotatable bonds is 5. The molecule has 0 unspecified atom stereocenters. The molecular weight excluding hydrogens is 322 g/mol. The zero-order valence-corrected chi connectivity index (χ0v) is 14.3. The van der Waals surface area contributed by atoms with Gasteiger partial charge in [-0.2, -0.15) is 5.26 Å². The minimum atomic E-state index is -0.486. The first-order chi connectivity index (χ1) is 11.9. The number of hydrogen-bond acceptors (Lipinski definition) is 6. The smallest absolute Gasteiger partial charge is 0.269 e. The number of nitrogens with one attached hydrogen (secondary N) is 1. The Bertz CT molecular complexity index is 700. The Labute approximate surface area is 146 Å². The Hall–Kier alpha value is -2.92. The Morgan fingerprint density at radius 2 is 2.00 bits per heavy atom. The molecular formula is C17H21N5O3. The first-order valence-corrected chi connectivity index (χ1v) is 7.99. The summed E-state index contributed by atoms with van der Waals surface area (Å²) in [4.78, 5) is 26.5. The van der Waals surface area contributed by atoms with Gasteiger partial charge in [0.1, 0.15) is 11.6 Å². The molecule has 1 saturated heterocycles. The number of anilines is 1. The summed E-state index contributed by atoms with van der Waals surface area (Å²) in [5.74, 6) is -0.327. The van der Waals surface area contributed by atoms with Crippen molar-refractivity contribution in [3.05, 3.63) is 46.2 Å².